The fourth-order valence-corrected chi connectivity index (χ4v) is 1.38. The first-order chi connectivity index (χ1) is 7.58. The summed E-state index contributed by atoms with van der Waals surface area (Å²) < 4.78 is 5.06. The normalized spacial score (nSPS) is 10.8. The molecule has 1 aromatic rings. The molecule has 3 nitrogen and oxygen atoms in total. The second-order valence-electron chi connectivity index (χ2n) is 2.83. The average Bonchev–Trinajstić information content (AvgIpc) is 2.25. The van der Waals surface area contributed by atoms with Gasteiger partial charge in [-0.15, -0.1) is 0 Å². The van der Waals surface area contributed by atoms with Crippen LogP contribution in [0.1, 0.15) is 5.56 Å². The first kappa shape index (κ1) is 12.6. The molecule has 0 atom stereocenters. The van der Waals surface area contributed by atoms with Crippen LogP contribution < -0.4 is 4.74 Å². The number of allylic oxidation sites excluding steroid dienone is 1. The highest BCUT2D eigenvalue weighted by Gasteiger charge is 2.08. The Morgan fingerprint density at radius 3 is 2.75 bits per heavy atom. The van der Waals surface area contributed by atoms with E-state index in [0.29, 0.717) is 16.3 Å². The quantitative estimate of drug-likeness (QED) is 0.474. The summed E-state index contributed by atoms with van der Waals surface area (Å²) in [6.45, 7) is 0. The molecule has 1 rings (SSSR count). The molecule has 0 amide bonds. The summed E-state index contributed by atoms with van der Waals surface area (Å²) in [5.41, 5.74) is 0.364. The molecular weight excluding hydrogens is 249 g/mol. The van der Waals surface area contributed by atoms with Gasteiger partial charge in [0.2, 0.25) is 0 Å². The lowest BCUT2D eigenvalue weighted by atomic mass is 10.1. The summed E-state index contributed by atoms with van der Waals surface area (Å²) in [6.07, 6.45) is 1.33. The maximum absolute atomic E-state index is 10.9. The lowest BCUT2D eigenvalue weighted by Gasteiger charge is -2.04. The van der Waals surface area contributed by atoms with Crippen LogP contribution in [0.15, 0.2) is 23.8 Å². The van der Waals surface area contributed by atoms with Crippen molar-refractivity contribution in [2.75, 3.05) is 7.11 Å². The van der Waals surface area contributed by atoms with Crippen LogP contribution in [0.25, 0.3) is 6.08 Å². The van der Waals surface area contributed by atoms with Crippen molar-refractivity contribution in [1.29, 1.82) is 5.26 Å². The number of rotatable bonds is 3. The molecule has 82 valence electrons. The molecule has 0 aliphatic heterocycles. The van der Waals surface area contributed by atoms with E-state index in [1.54, 1.807) is 24.3 Å². The molecule has 0 unspecified atom stereocenters. The van der Waals surface area contributed by atoms with E-state index in [0.717, 1.165) is 0 Å². The van der Waals surface area contributed by atoms with Gasteiger partial charge >= 0.3 is 0 Å². The highest BCUT2D eigenvalue weighted by Crippen LogP contribution is 2.25. The van der Waals surface area contributed by atoms with Gasteiger partial charge in [0.05, 0.1) is 7.11 Å². The predicted octanol–water partition coefficient (Wildman–Crippen LogP) is 3.02. The van der Waals surface area contributed by atoms with Gasteiger partial charge in [-0.1, -0.05) is 11.6 Å². The highest BCUT2D eigenvalue weighted by atomic mass is 35.5. The Morgan fingerprint density at radius 1 is 1.56 bits per heavy atom. The van der Waals surface area contributed by atoms with Gasteiger partial charge in [-0.25, -0.2) is 0 Å². The monoisotopic (exact) mass is 255 g/mol. The van der Waals surface area contributed by atoms with Gasteiger partial charge in [0.15, 0.2) is 0 Å². The molecule has 0 saturated carbocycles. The molecule has 0 fully saturated rings. The minimum Gasteiger partial charge on any atom is -0.496 e. The molecule has 16 heavy (non-hydrogen) atoms. The van der Waals surface area contributed by atoms with Crippen molar-refractivity contribution >= 4 is 34.5 Å². The van der Waals surface area contributed by atoms with Gasteiger partial charge in [0, 0.05) is 10.6 Å². The standard InChI is InChI=1S/C11H7Cl2NO2/c1-16-10-3-2-9(12)5-7(10)4-8(6-14)11(13)15/h2-5H,1H3/b8-4+. The van der Waals surface area contributed by atoms with Crippen LogP contribution in [-0.4, -0.2) is 12.4 Å². The van der Waals surface area contributed by atoms with Crippen molar-refractivity contribution in [3.05, 3.63) is 34.4 Å². The number of nitrogens with zero attached hydrogens (tertiary/aromatic N) is 1. The Kier molecular flexibility index (Phi) is 4.36. The van der Waals surface area contributed by atoms with Gasteiger partial charge in [-0.2, -0.15) is 5.26 Å². The van der Waals surface area contributed by atoms with E-state index in [2.05, 4.69) is 0 Å². The van der Waals surface area contributed by atoms with Crippen LogP contribution >= 0.6 is 23.2 Å². The molecule has 0 saturated heterocycles. The fourth-order valence-electron chi connectivity index (χ4n) is 1.11. The second kappa shape index (κ2) is 5.55. The maximum Gasteiger partial charge on any atom is 0.262 e. The van der Waals surface area contributed by atoms with Crippen LogP contribution in [0.5, 0.6) is 5.75 Å². The van der Waals surface area contributed by atoms with E-state index in [1.165, 1.54) is 13.2 Å². The van der Waals surface area contributed by atoms with Crippen molar-refractivity contribution in [2.45, 2.75) is 0 Å². The Balaban J connectivity index is 3.27. The summed E-state index contributed by atoms with van der Waals surface area (Å²) in [5.74, 6) is 0.509. The predicted molar refractivity (Wildman–Crippen MR) is 62.5 cm³/mol. The number of carbonyl (C=O) groups is 1. The Hall–Kier alpha value is -1.50. The molecule has 5 heteroatoms. The third-order valence-corrected chi connectivity index (χ3v) is 2.26. The summed E-state index contributed by atoms with van der Waals surface area (Å²) in [7, 11) is 1.48. The summed E-state index contributed by atoms with van der Waals surface area (Å²) >= 11 is 11.0. The average molecular weight is 256 g/mol. The van der Waals surface area contributed by atoms with Crippen LogP contribution in [0.3, 0.4) is 0 Å². The van der Waals surface area contributed by atoms with E-state index < -0.39 is 5.24 Å². The molecular formula is C11H7Cl2NO2. The van der Waals surface area contributed by atoms with Crippen LogP contribution in [0, 0.1) is 11.3 Å². The summed E-state index contributed by atoms with van der Waals surface area (Å²) in [5, 5.41) is 8.36. The smallest absolute Gasteiger partial charge is 0.262 e. The minimum absolute atomic E-state index is 0.165. The number of carbonyl (C=O) groups excluding carboxylic acids is 1. The number of benzene rings is 1. The third kappa shape index (κ3) is 2.99. The van der Waals surface area contributed by atoms with Crippen molar-refractivity contribution < 1.29 is 9.53 Å². The van der Waals surface area contributed by atoms with Crippen LogP contribution in [0.4, 0.5) is 0 Å². The van der Waals surface area contributed by atoms with E-state index in [9.17, 15) is 4.79 Å². The Labute approximate surface area is 103 Å². The molecule has 0 aliphatic carbocycles. The van der Waals surface area contributed by atoms with Crippen molar-refractivity contribution in [1.82, 2.24) is 0 Å². The lowest BCUT2D eigenvalue weighted by molar-refractivity contribution is -0.108. The van der Waals surface area contributed by atoms with Gasteiger partial charge < -0.3 is 4.74 Å². The van der Waals surface area contributed by atoms with Gasteiger partial charge in [0.1, 0.15) is 17.4 Å². The topological polar surface area (TPSA) is 50.1 Å². The van der Waals surface area contributed by atoms with Crippen molar-refractivity contribution in [3.63, 3.8) is 0 Å². The SMILES string of the molecule is COc1ccc(Cl)cc1/C=C(\C#N)C(=O)Cl. The number of ether oxygens (including phenoxy) is 1. The molecule has 0 aliphatic rings. The maximum atomic E-state index is 10.9. The van der Waals surface area contributed by atoms with Crippen molar-refractivity contribution in [2.24, 2.45) is 0 Å². The van der Waals surface area contributed by atoms with E-state index in [4.69, 9.17) is 33.2 Å². The fraction of sp³-hybridized carbons (Fsp3) is 0.0909. The molecule has 0 N–H and O–H groups in total. The lowest BCUT2D eigenvalue weighted by Crippen LogP contribution is -1.92. The first-order valence-corrected chi connectivity index (χ1v) is 4.99. The second-order valence-corrected chi connectivity index (χ2v) is 3.61. The Morgan fingerprint density at radius 2 is 2.25 bits per heavy atom. The number of hydrogen-bond donors (Lipinski definition) is 0. The number of nitriles is 1. The zero-order valence-electron chi connectivity index (χ0n) is 8.33. The zero-order valence-corrected chi connectivity index (χ0v) is 9.84. The molecule has 0 heterocycles. The van der Waals surface area contributed by atoms with Crippen molar-refractivity contribution in [3.8, 4) is 11.8 Å². The van der Waals surface area contributed by atoms with Gasteiger partial charge in [-0.05, 0) is 35.9 Å². The number of methoxy groups -OCH3 is 1. The molecule has 1 aromatic carbocycles. The van der Waals surface area contributed by atoms with Gasteiger partial charge in [0.25, 0.3) is 5.24 Å². The molecule has 0 spiro atoms. The van der Waals surface area contributed by atoms with E-state index in [-0.39, 0.29) is 5.57 Å². The van der Waals surface area contributed by atoms with E-state index in [1.807, 2.05) is 0 Å². The molecule has 0 aromatic heterocycles. The number of halogens is 2. The van der Waals surface area contributed by atoms with Crippen LogP contribution in [0.2, 0.25) is 5.02 Å². The summed E-state index contributed by atoms with van der Waals surface area (Å²) in [6, 6.07) is 6.57. The summed E-state index contributed by atoms with van der Waals surface area (Å²) in [4.78, 5) is 10.9. The largest absolute Gasteiger partial charge is 0.496 e. The van der Waals surface area contributed by atoms with Crippen LogP contribution in [-0.2, 0) is 4.79 Å². The minimum atomic E-state index is -0.815. The molecule has 0 radical (unpaired) electrons. The highest BCUT2D eigenvalue weighted by molar-refractivity contribution is 6.68. The first-order valence-electron chi connectivity index (χ1n) is 4.23. The number of hydrogen-bond acceptors (Lipinski definition) is 3. The molecule has 0 bridgehead atoms. The third-order valence-electron chi connectivity index (χ3n) is 1.82. The Bertz CT molecular complexity index is 489. The van der Waals surface area contributed by atoms with E-state index >= 15 is 0 Å². The van der Waals surface area contributed by atoms with Gasteiger partial charge in [-0.3, -0.25) is 4.79 Å². The zero-order chi connectivity index (χ0) is 12.1.